The molecular weight excluding hydrogens is 343 g/mol. The van der Waals surface area contributed by atoms with Gasteiger partial charge in [0.05, 0.1) is 13.2 Å². The molecule has 0 aliphatic carbocycles. The second-order valence-corrected chi connectivity index (χ2v) is 7.06. The van der Waals surface area contributed by atoms with E-state index in [0.717, 1.165) is 38.5 Å². The van der Waals surface area contributed by atoms with E-state index in [2.05, 4.69) is 13.8 Å². The maximum Gasteiger partial charge on any atom is 2.00 e. The Bertz CT molecular complexity index is 243. The Morgan fingerprint density at radius 2 is 1.00 bits per heavy atom. The zero-order valence-corrected chi connectivity index (χ0v) is 16.3. The van der Waals surface area contributed by atoms with Crippen molar-refractivity contribution >= 4 is 7.82 Å². The van der Waals surface area contributed by atoms with Gasteiger partial charge >= 0.3 is 17.1 Å². The summed E-state index contributed by atoms with van der Waals surface area (Å²) in [5, 5.41) is 0. The first-order valence-corrected chi connectivity index (χ1v) is 10.2. The summed E-state index contributed by atoms with van der Waals surface area (Å²) in [6.07, 6.45) is 13.3. The van der Waals surface area contributed by atoms with Gasteiger partial charge in [-0.2, -0.15) is 0 Å². The Balaban J connectivity index is 0. The predicted octanol–water partition coefficient (Wildman–Crippen LogP) is 5.21. The molecule has 0 heterocycles. The van der Waals surface area contributed by atoms with Crippen molar-refractivity contribution in [1.82, 2.24) is 0 Å². The van der Waals surface area contributed by atoms with Crippen molar-refractivity contribution in [2.75, 3.05) is 13.2 Å². The van der Waals surface area contributed by atoms with Gasteiger partial charge in [0, 0.05) is 0 Å². The van der Waals surface area contributed by atoms with Gasteiger partial charge in [-0.3, -0.25) is 4.57 Å². The summed E-state index contributed by atoms with van der Waals surface area (Å²) >= 11 is 0. The number of hydrogen-bond acceptors (Lipinski definition) is 4. The van der Waals surface area contributed by atoms with Crippen LogP contribution in [0, 0.1) is 0 Å². The van der Waals surface area contributed by atoms with Crippen LogP contribution in [0.5, 0.6) is 0 Å². The molecule has 0 aliphatic heterocycles. The normalized spacial score (nSPS) is 11.4. The molecule has 0 aromatic carbocycles. The molecule has 0 radical (unpaired) electrons. The first kappa shape index (κ1) is 24.9. The number of hydrogen-bond donors (Lipinski definition) is 0. The minimum atomic E-state index is -4.07. The van der Waals surface area contributed by atoms with E-state index in [4.69, 9.17) is 9.05 Å². The molecule has 0 saturated heterocycles. The van der Waals surface area contributed by atoms with Crippen LogP contribution in [0.15, 0.2) is 0 Å². The average Bonchev–Trinajstić information content (AvgIpc) is 2.45. The summed E-state index contributed by atoms with van der Waals surface area (Å²) < 4.78 is 21.2. The van der Waals surface area contributed by atoms with E-state index in [9.17, 15) is 9.46 Å². The van der Waals surface area contributed by atoms with Gasteiger partial charge < -0.3 is 13.9 Å². The van der Waals surface area contributed by atoms with Gasteiger partial charge in [0.15, 0.2) is 0 Å². The molecule has 0 unspecified atom stereocenters. The van der Waals surface area contributed by atoms with Crippen molar-refractivity contribution in [1.29, 1.82) is 0 Å². The standard InChI is InChI=1S/C16H35O4P.Fe/c1-3-5-7-9-11-13-15-19-21(17,18)20-16-14-12-10-8-6-4-2;/h3-16H2,1-2H3,(H,17,18);/q;+2/p-1. The summed E-state index contributed by atoms with van der Waals surface area (Å²) in [4.78, 5) is 11.5. The molecule has 6 heteroatoms. The molecule has 0 aromatic rings. The quantitative estimate of drug-likeness (QED) is 0.211. The van der Waals surface area contributed by atoms with Gasteiger partial charge in [-0.25, -0.2) is 0 Å². The fourth-order valence-corrected chi connectivity index (χ4v) is 2.93. The van der Waals surface area contributed by atoms with Gasteiger partial charge in [-0.15, -0.1) is 0 Å². The molecule has 0 rings (SSSR count). The summed E-state index contributed by atoms with van der Waals surface area (Å²) in [5.74, 6) is 0. The maximum absolute atomic E-state index is 11.5. The van der Waals surface area contributed by atoms with Crippen LogP contribution in [0.2, 0.25) is 0 Å². The van der Waals surface area contributed by atoms with Crippen molar-refractivity contribution in [3.8, 4) is 0 Å². The van der Waals surface area contributed by atoms with E-state index >= 15 is 0 Å². The van der Waals surface area contributed by atoms with E-state index in [1.165, 1.54) is 38.5 Å². The molecule has 0 atom stereocenters. The molecule has 0 spiro atoms. The van der Waals surface area contributed by atoms with E-state index in [0.29, 0.717) is 0 Å². The van der Waals surface area contributed by atoms with Crippen molar-refractivity contribution in [3.63, 3.8) is 0 Å². The molecule has 0 amide bonds. The number of rotatable bonds is 16. The molecule has 0 bridgehead atoms. The number of unbranched alkanes of at least 4 members (excludes halogenated alkanes) is 10. The van der Waals surface area contributed by atoms with Gasteiger partial charge in [-0.05, 0) is 12.8 Å². The van der Waals surface area contributed by atoms with E-state index < -0.39 is 7.82 Å². The maximum atomic E-state index is 11.5. The minimum absolute atomic E-state index is 0. The minimum Gasteiger partial charge on any atom is -0.756 e. The molecule has 22 heavy (non-hydrogen) atoms. The monoisotopic (exact) mass is 377 g/mol. The summed E-state index contributed by atoms with van der Waals surface area (Å²) in [6.45, 7) is 4.86. The van der Waals surface area contributed by atoms with Crippen LogP contribution in [0.3, 0.4) is 0 Å². The zero-order chi connectivity index (χ0) is 15.8. The van der Waals surface area contributed by atoms with E-state index in [1.54, 1.807) is 0 Å². The van der Waals surface area contributed by atoms with Crippen molar-refractivity contribution < 1.29 is 35.6 Å². The van der Waals surface area contributed by atoms with Gasteiger partial charge in [0.1, 0.15) is 0 Å². The molecule has 0 aromatic heterocycles. The Hall–Kier alpha value is 0.629. The molecule has 0 saturated carbocycles. The first-order valence-electron chi connectivity index (χ1n) is 8.72. The fourth-order valence-electron chi connectivity index (χ4n) is 2.15. The summed E-state index contributed by atoms with van der Waals surface area (Å²) in [6, 6.07) is 0. The van der Waals surface area contributed by atoms with Gasteiger partial charge in [-0.1, -0.05) is 78.1 Å². The van der Waals surface area contributed by atoms with Crippen LogP contribution in [-0.4, -0.2) is 13.2 Å². The van der Waals surface area contributed by atoms with Crippen LogP contribution >= 0.6 is 7.82 Å². The van der Waals surface area contributed by atoms with E-state index in [-0.39, 0.29) is 30.3 Å². The van der Waals surface area contributed by atoms with Crippen molar-refractivity contribution in [3.05, 3.63) is 0 Å². The molecule has 0 fully saturated rings. The van der Waals surface area contributed by atoms with Crippen molar-refractivity contribution in [2.24, 2.45) is 0 Å². The van der Waals surface area contributed by atoms with Crippen LogP contribution in [0.25, 0.3) is 0 Å². The third kappa shape index (κ3) is 18.7. The predicted molar refractivity (Wildman–Crippen MR) is 86.3 cm³/mol. The van der Waals surface area contributed by atoms with Gasteiger partial charge in [0.2, 0.25) is 0 Å². The topological polar surface area (TPSA) is 58.6 Å². The Kier molecular flexibility index (Phi) is 20.3. The molecule has 0 N–H and O–H groups in total. The van der Waals surface area contributed by atoms with Crippen LogP contribution in [0.4, 0.5) is 0 Å². The fraction of sp³-hybridized carbons (Fsp3) is 1.00. The van der Waals surface area contributed by atoms with Crippen LogP contribution < -0.4 is 4.89 Å². The van der Waals surface area contributed by atoms with Crippen LogP contribution in [-0.2, 0) is 30.7 Å². The molecule has 0 aliphatic rings. The van der Waals surface area contributed by atoms with Gasteiger partial charge in [0.25, 0.3) is 7.82 Å². The smallest absolute Gasteiger partial charge is 0.756 e. The molecule has 134 valence electrons. The molecular formula is C16H34FeO4P+. The van der Waals surface area contributed by atoms with E-state index in [1.807, 2.05) is 0 Å². The average molecular weight is 377 g/mol. The first-order chi connectivity index (χ1) is 10.1. The Morgan fingerprint density at radius 3 is 1.36 bits per heavy atom. The Morgan fingerprint density at radius 1 is 0.682 bits per heavy atom. The summed E-state index contributed by atoms with van der Waals surface area (Å²) in [7, 11) is -4.07. The van der Waals surface area contributed by atoms with Crippen LogP contribution in [0.1, 0.15) is 90.9 Å². The largest absolute Gasteiger partial charge is 2.00 e. The summed E-state index contributed by atoms with van der Waals surface area (Å²) in [5.41, 5.74) is 0. The molecule has 4 nitrogen and oxygen atoms in total. The number of phosphoric ester groups is 1. The second kappa shape index (κ2) is 18.0. The third-order valence-corrected chi connectivity index (χ3v) is 4.49. The third-order valence-electron chi connectivity index (χ3n) is 3.49. The Labute approximate surface area is 147 Å². The number of phosphoric acid groups is 1. The second-order valence-electron chi connectivity index (χ2n) is 5.65. The SMILES string of the molecule is CCCCCCCCOP(=O)([O-])OCCCCCCCC.[Fe+2]. The van der Waals surface area contributed by atoms with Crippen molar-refractivity contribution in [2.45, 2.75) is 90.9 Å². The zero-order valence-electron chi connectivity index (χ0n) is 14.3.